The second-order valence-corrected chi connectivity index (χ2v) is 9.63. The Morgan fingerprint density at radius 1 is 1.11 bits per heavy atom. The number of nitrogens with one attached hydrogen (secondary N) is 1. The molecule has 1 aromatic carbocycles. The molecular formula is C26H33BN8O2. The molecule has 0 spiro atoms. The van der Waals surface area contributed by atoms with E-state index in [2.05, 4.69) is 62.0 Å². The second-order valence-electron chi connectivity index (χ2n) is 9.63. The lowest BCUT2D eigenvalue weighted by Gasteiger charge is -2.36. The number of carbonyl (C=O) groups is 1. The lowest BCUT2D eigenvalue weighted by atomic mass is 10.0. The number of pyridine rings is 1. The molecule has 3 aromatic rings. The maximum Gasteiger partial charge on any atom is 0.278 e. The van der Waals surface area contributed by atoms with Crippen molar-refractivity contribution in [2.24, 2.45) is 0 Å². The van der Waals surface area contributed by atoms with Crippen LogP contribution in [0, 0.1) is 0 Å². The number of anilines is 4. The quantitative estimate of drug-likeness (QED) is 0.488. The Bertz CT molecular complexity index is 1230. The average molecular weight is 500 g/mol. The molecule has 192 valence electrons. The van der Waals surface area contributed by atoms with Crippen molar-refractivity contribution in [3.63, 3.8) is 0 Å². The monoisotopic (exact) mass is 500 g/mol. The van der Waals surface area contributed by atoms with Crippen LogP contribution in [-0.2, 0) is 4.74 Å². The van der Waals surface area contributed by atoms with Crippen LogP contribution >= 0.6 is 0 Å². The molecular weight excluding hydrogens is 467 g/mol. The molecule has 11 heteroatoms. The summed E-state index contributed by atoms with van der Waals surface area (Å²) in [4.78, 5) is 33.1. The molecule has 0 bridgehead atoms. The maximum atomic E-state index is 13.2. The third-order valence-electron chi connectivity index (χ3n) is 7.22. The largest absolute Gasteiger partial charge is 0.382 e. The highest BCUT2D eigenvalue weighted by atomic mass is 16.5. The van der Waals surface area contributed by atoms with Gasteiger partial charge in [-0.2, -0.15) is 0 Å². The van der Waals surface area contributed by atoms with Crippen molar-refractivity contribution in [1.82, 2.24) is 19.8 Å². The Kier molecular flexibility index (Phi) is 7.52. The van der Waals surface area contributed by atoms with Crippen molar-refractivity contribution in [3.05, 3.63) is 54.6 Å². The standard InChI is InChI=1S/C26H33BN8O2/c1-33(20-7-10-35(27)11-8-20)19-4-2-18(3-5-19)21-17-30-25(28)24(31-21)26(36)32-22-16-29-9-6-23(22)34-12-14-37-15-13-34/h2-6,9,16-17,20H,7-8,10-15,27H2,1H3,(H2,28,30)(H,32,36). The van der Waals surface area contributed by atoms with Gasteiger partial charge in [0.15, 0.2) is 19.5 Å². The highest BCUT2D eigenvalue weighted by Gasteiger charge is 2.22. The fourth-order valence-electron chi connectivity index (χ4n) is 4.91. The molecule has 1 amide bonds. The molecule has 2 aliphatic heterocycles. The number of amides is 1. The van der Waals surface area contributed by atoms with Crippen molar-refractivity contribution in [3.8, 4) is 11.3 Å². The fraction of sp³-hybridized carbons (Fsp3) is 0.385. The fourth-order valence-corrected chi connectivity index (χ4v) is 4.91. The maximum absolute atomic E-state index is 13.2. The number of morpholine rings is 1. The van der Waals surface area contributed by atoms with Gasteiger partial charge in [0.05, 0.1) is 42.7 Å². The second kappa shape index (κ2) is 11.1. The molecule has 0 unspecified atom stereocenters. The first-order chi connectivity index (χ1) is 18.0. The molecule has 4 heterocycles. The van der Waals surface area contributed by atoms with Crippen molar-refractivity contribution < 1.29 is 9.53 Å². The summed E-state index contributed by atoms with van der Waals surface area (Å²) < 4.78 is 5.45. The molecule has 37 heavy (non-hydrogen) atoms. The third-order valence-corrected chi connectivity index (χ3v) is 7.22. The minimum absolute atomic E-state index is 0.0803. The summed E-state index contributed by atoms with van der Waals surface area (Å²) in [7, 11) is 4.33. The molecule has 2 aliphatic rings. The summed E-state index contributed by atoms with van der Waals surface area (Å²) in [6, 6.07) is 10.6. The topological polar surface area (TPSA) is 113 Å². The van der Waals surface area contributed by atoms with Gasteiger partial charge in [-0.1, -0.05) is 12.1 Å². The summed E-state index contributed by atoms with van der Waals surface area (Å²) in [5, 5.41) is 2.93. The minimum atomic E-state index is -0.423. The molecule has 0 aliphatic carbocycles. The lowest BCUT2D eigenvalue weighted by Crippen LogP contribution is -2.42. The SMILES string of the molecule is BN1CCC(N(C)c2ccc(-c3cnc(N)c(C(=O)Nc4cnccc4N4CCOCC4)n3)cc2)CC1. The Balaban J connectivity index is 1.32. The Morgan fingerprint density at radius 2 is 1.84 bits per heavy atom. The van der Waals surface area contributed by atoms with Crippen LogP contribution in [0.25, 0.3) is 11.3 Å². The number of nitrogens with two attached hydrogens (primary N) is 1. The Labute approximate surface area is 218 Å². The van der Waals surface area contributed by atoms with E-state index >= 15 is 0 Å². The van der Waals surface area contributed by atoms with Gasteiger partial charge in [-0.05, 0) is 44.1 Å². The number of hydrogen-bond acceptors (Lipinski definition) is 9. The first kappa shape index (κ1) is 25.0. The number of nitrogen functional groups attached to an aromatic ring is 1. The van der Waals surface area contributed by atoms with E-state index in [0.29, 0.717) is 30.6 Å². The summed E-state index contributed by atoms with van der Waals surface area (Å²) >= 11 is 0. The number of nitrogens with zero attached hydrogens (tertiary/aromatic N) is 6. The van der Waals surface area contributed by atoms with Gasteiger partial charge in [0.1, 0.15) is 0 Å². The summed E-state index contributed by atoms with van der Waals surface area (Å²) in [5.41, 5.74) is 10.3. The van der Waals surface area contributed by atoms with Crippen LogP contribution in [0.3, 0.4) is 0 Å². The van der Waals surface area contributed by atoms with Gasteiger partial charge in [0.25, 0.3) is 5.91 Å². The van der Waals surface area contributed by atoms with E-state index in [-0.39, 0.29) is 11.5 Å². The zero-order valence-electron chi connectivity index (χ0n) is 21.4. The molecule has 0 saturated carbocycles. The highest BCUT2D eigenvalue weighted by molar-refractivity contribution is 6.07. The number of benzene rings is 1. The van der Waals surface area contributed by atoms with Crippen LogP contribution in [-0.4, -0.2) is 86.1 Å². The molecule has 2 aromatic heterocycles. The number of carbonyl (C=O) groups excluding carboxylic acids is 1. The average Bonchev–Trinajstić information content (AvgIpc) is 2.94. The van der Waals surface area contributed by atoms with Gasteiger partial charge in [0.2, 0.25) is 0 Å². The predicted molar refractivity (Wildman–Crippen MR) is 149 cm³/mol. The molecule has 0 radical (unpaired) electrons. The van der Waals surface area contributed by atoms with Crippen molar-refractivity contribution in [1.29, 1.82) is 0 Å². The smallest absolute Gasteiger partial charge is 0.278 e. The van der Waals surface area contributed by atoms with Crippen LogP contribution in [0.15, 0.2) is 48.9 Å². The Morgan fingerprint density at radius 3 is 2.57 bits per heavy atom. The van der Waals surface area contributed by atoms with E-state index in [0.717, 1.165) is 56.0 Å². The van der Waals surface area contributed by atoms with Crippen molar-refractivity contribution in [2.45, 2.75) is 18.9 Å². The van der Waals surface area contributed by atoms with Gasteiger partial charge >= 0.3 is 0 Å². The summed E-state index contributed by atoms with van der Waals surface area (Å²) in [6.45, 7) is 5.00. The van der Waals surface area contributed by atoms with Gasteiger partial charge in [0, 0.05) is 43.6 Å². The van der Waals surface area contributed by atoms with Crippen molar-refractivity contribution >= 4 is 36.8 Å². The van der Waals surface area contributed by atoms with E-state index < -0.39 is 5.91 Å². The van der Waals surface area contributed by atoms with E-state index in [4.69, 9.17) is 10.5 Å². The molecule has 2 fully saturated rings. The van der Waals surface area contributed by atoms with Crippen molar-refractivity contribution in [2.75, 3.05) is 67.3 Å². The van der Waals surface area contributed by atoms with Gasteiger partial charge in [-0.15, -0.1) is 0 Å². The van der Waals surface area contributed by atoms with Crippen LogP contribution in [0.1, 0.15) is 23.3 Å². The van der Waals surface area contributed by atoms with Crippen LogP contribution in [0.5, 0.6) is 0 Å². The van der Waals surface area contributed by atoms with Crippen LogP contribution in [0.2, 0.25) is 0 Å². The molecule has 3 N–H and O–H groups in total. The first-order valence-electron chi connectivity index (χ1n) is 12.7. The minimum Gasteiger partial charge on any atom is -0.382 e. The number of hydrogen-bond donors (Lipinski definition) is 2. The van der Waals surface area contributed by atoms with Gasteiger partial charge in [-0.3, -0.25) is 9.78 Å². The number of rotatable bonds is 6. The zero-order chi connectivity index (χ0) is 25.8. The lowest BCUT2D eigenvalue weighted by molar-refractivity contribution is 0.102. The van der Waals surface area contributed by atoms with E-state index in [1.165, 1.54) is 0 Å². The Hall–Kier alpha value is -3.70. The highest BCUT2D eigenvalue weighted by Crippen LogP contribution is 2.28. The normalized spacial score (nSPS) is 16.9. The predicted octanol–water partition coefficient (Wildman–Crippen LogP) is 1.66. The van der Waals surface area contributed by atoms with Crippen LogP contribution < -0.4 is 20.9 Å². The van der Waals surface area contributed by atoms with Crippen LogP contribution in [0.4, 0.5) is 22.9 Å². The van der Waals surface area contributed by atoms with E-state index in [1.807, 2.05) is 18.2 Å². The molecule has 5 rings (SSSR count). The third kappa shape index (κ3) is 5.67. The summed E-state index contributed by atoms with van der Waals surface area (Å²) in [6.07, 6.45) is 7.26. The molecule has 10 nitrogen and oxygen atoms in total. The summed E-state index contributed by atoms with van der Waals surface area (Å²) in [5.74, 6) is -0.343. The molecule has 2 saturated heterocycles. The number of piperidine rings is 1. The number of ether oxygens (including phenoxy) is 1. The van der Waals surface area contributed by atoms with E-state index in [9.17, 15) is 4.79 Å². The zero-order valence-corrected chi connectivity index (χ0v) is 21.4. The van der Waals surface area contributed by atoms with Gasteiger partial charge < -0.3 is 30.4 Å². The first-order valence-corrected chi connectivity index (χ1v) is 12.7. The number of aromatic nitrogens is 3. The van der Waals surface area contributed by atoms with E-state index in [1.54, 1.807) is 18.6 Å². The molecule has 0 atom stereocenters. The van der Waals surface area contributed by atoms with Gasteiger partial charge in [-0.25, -0.2) is 9.97 Å².